The summed E-state index contributed by atoms with van der Waals surface area (Å²) in [5.74, 6) is -0.738. The van der Waals surface area contributed by atoms with E-state index in [0.29, 0.717) is 24.3 Å². The Labute approximate surface area is 217 Å². The fourth-order valence-corrected chi connectivity index (χ4v) is 6.22. The number of anilines is 2. The molecule has 11 nitrogen and oxygen atoms in total. The smallest absolute Gasteiger partial charge is 0.409 e. The molecular formula is C24H24N4O7S2. The van der Waals surface area contributed by atoms with Crippen LogP contribution in [-0.2, 0) is 27.7 Å². The maximum Gasteiger partial charge on any atom is 0.409 e. The van der Waals surface area contributed by atoms with Crippen LogP contribution < -0.4 is 20.5 Å². The number of nitrogens with two attached hydrogens (primary N) is 1. The number of hydrogen-bond donors (Lipinski definition) is 3. The number of primary amides is 1. The van der Waals surface area contributed by atoms with Crippen molar-refractivity contribution in [1.82, 2.24) is 4.90 Å². The molecule has 0 unspecified atom stereocenters. The van der Waals surface area contributed by atoms with E-state index in [0.717, 1.165) is 16.2 Å². The van der Waals surface area contributed by atoms with Gasteiger partial charge in [-0.15, -0.1) is 11.3 Å². The molecule has 0 saturated heterocycles. The predicted octanol–water partition coefficient (Wildman–Crippen LogP) is 3.03. The Kier molecular flexibility index (Phi) is 7.36. The summed E-state index contributed by atoms with van der Waals surface area (Å²) >= 11 is 1.16. The minimum Gasteiger partial charge on any atom is -0.497 e. The second-order valence-corrected chi connectivity index (χ2v) is 10.8. The molecule has 194 valence electrons. The predicted molar refractivity (Wildman–Crippen MR) is 138 cm³/mol. The highest BCUT2D eigenvalue weighted by atomic mass is 32.2. The molecule has 0 fully saturated rings. The van der Waals surface area contributed by atoms with Gasteiger partial charge in [0.15, 0.2) is 0 Å². The maximum absolute atomic E-state index is 13.0. The molecule has 4 N–H and O–H groups in total. The van der Waals surface area contributed by atoms with Crippen molar-refractivity contribution in [3.8, 4) is 5.75 Å². The Balaban J connectivity index is 1.55. The summed E-state index contributed by atoms with van der Waals surface area (Å²) < 4.78 is 37.8. The number of methoxy groups -OCH3 is 2. The van der Waals surface area contributed by atoms with Crippen LogP contribution in [-0.4, -0.2) is 52.0 Å². The summed E-state index contributed by atoms with van der Waals surface area (Å²) in [5, 5.41) is 2.97. The number of nitrogens with one attached hydrogen (secondary N) is 2. The first kappa shape index (κ1) is 26.0. The highest BCUT2D eigenvalue weighted by Crippen LogP contribution is 2.37. The number of amides is 3. The largest absolute Gasteiger partial charge is 0.497 e. The van der Waals surface area contributed by atoms with Crippen molar-refractivity contribution < 1.29 is 32.3 Å². The molecule has 2 aromatic carbocycles. The summed E-state index contributed by atoms with van der Waals surface area (Å²) in [7, 11) is -1.14. The van der Waals surface area contributed by atoms with Gasteiger partial charge in [0.2, 0.25) is 0 Å². The van der Waals surface area contributed by atoms with Crippen molar-refractivity contribution in [3.05, 3.63) is 70.1 Å². The Morgan fingerprint density at radius 2 is 1.81 bits per heavy atom. The number of ether oxygens (including phenoxy) is 2. The molecule has 0 radical (unpaired) electrons. The number of carbonyl (C=O) groups is 3. The SMILES string of the molecule is COC(=O)N1CCc2c(sc(NC(=O)c3cccc(NS(=O)(=O)c4ccc(OC)cc4)c3)c2C(N)=O)C1. The minimum atomic E-state index is -3.91. The monoisotopic (exact) mass is 544 g/mol. The van der Waals surface area contributed by atoms with E-state index < -0.39 is 27.9 Å². The number of nitrogens with zero attached hydrogens (tertiary/aromatic N) is 1. The number of rotatable bonds is 7. The standard InChI is InChI=1S/C24H24N4O7S2/c1-34-16-6-8-17(9-7-16)37(32,33)27-15-5-3-4-14(12-15)22(30)26-23-20(21(25)29)18-10-11-28(24(31)35-2)13-19(18)36-23/h3-9,12,27H,10-11,13H2,1-2H3,(H2,25,29)(H,26,30). The molecule has 37 heavy (non-hydrogen) atoms. The second kappa shape index (κ2) is 10.5. The molecule has 0 atom stereocenters. The second-order valence-electron chi connectivity index (χ2n) is 8.03. The summed E-state index contributed by atoms with van der Waals surface area (Å²) in [6, 6.07) is 11.8. The summed E-state index contributed by atoms with van der Waals surface area (Å²) in [6.07, 6.45) is -0.100. The van der Waals surface area contributed by atoms with E-state index in [-0.39, 0.29) is 33.3 Å². The molecule has 13 heteroatoms. The number of thiophene rings is 1. The molecule has 1 aliphatic heterocycles. The topological polar surface area (TPSA) is 157 Å². The third-order valence-corrected chi connectivity index (χ3v) is 8.24. The molecule has 0 spiro atoms. The van der Waals surface area contributed by atoms with Crippen LogP contribution in [0.5, 0.6) is 5.75 Å². The molecule has 2 heterocycles. The summed E-state index contributed by atoms with van der Waals surface area (Å²) in [6.45, 7) is 0.575. The Hall–Kier alpha value is -4.10. The molecule has 3 aromatic rings. The number of hydrogen-bond acceptors (Lipinski definition) is 8. The number of fused-ring (bicyclic) bond motifs is 1. The van der Waals surface area contributed by atoms with E-state index in [4.69, 9.17) is 15.2 Å². The van der Waals surface area contributed by atoms with Gasteiger partial charge in [0, 0.05) is 22.7 Å². The van der Waals surface area contributed by atoms with Crippen LogP contribution in [0.25, 0.3) is 0 Å². The van der Waals surface area contributed by atoms with E-state index >= 15 is 0 Å². The zero-order valence-corrected chi connectivity index (χ0v) is 21.6. The van der Waals surface area contributed by atoms with Gasteiger partial charge in [-0.05, 0) is 54.4 Å². The summed E-state index contributed by atoms with van der Waals surface area (Å²) in [5.41, 5.74) is 6.84. The van der Waals surface area contributed by atoms with Crippen molar-refractivity contribution in [1.29, 1.82) is 0 Å². The Morgan fingerprint density at radius 1 is 1.08 bits per heavy atom. The first-order valence-corrected chi connectivity index (χ1v) is 13.3. The van der Waals surface area contributed by atoms with E-state index in [9.17, 15) is 22.8 Å². The molecule has 0 saturated carbocycles. The van der Waals surface area contributed by atoms with Crippen molar-refractivity contribution in [2.24, 2.45) is 5.73 Å². The first-order valence-electron chi connectivity index (χ1n) is 11.0. The highest BCUT2D eigenvalue weighted by molar-refractivity contribution is 7.92. The molecular weight excluding hydrogens is 520 g/mol. The molecule has 4 rings (SSSR count). The van der Waals surface area contributed by atoms with Gasteiger partial charge < -0.3 is 25.4 Å². The van der Waals surface area contributed by atoms with Gasteiger partial charge in [0.1, 0.15) is 10.8 Å². The quantitative estimate of drug-likeness (QED) is 0.413. The van der Waals surface area contributed by atoms with Gasteiger partial charge >= 0.3 is 6.09 Å². The van der Waals surface area contributed by atoms with Crippen LogP contribution in [0.2, 0.25) is 0 Å². The summed E-state index contributed by atoms with van der Waals surface area (Å²) in [4.78, 5) is 39.4. The zero-order chi connectivity index (χ0) is 26.7. The van der Waals surface area contributed by atoms with Crippen LogP contribution in [0.3, 0.4) is 0 Å². The van der Waals surface area contributed by atoms with Crippen LogP contribution in [0.1, 0.15) is 31.2 Å². The van der Waals surface area contributed by atoms with Gasteiger partial charge in [-0.25, -0.2) is 13.2 Å². The Bertz CT molecular complexity index is 1470. The fourth-order valence-electron chi connectivity index (χ4n) is 3.91. The third kappa shape index (κ3) is 5.52. The average Bonchev–Trinajstić information content (AvgIpc) is 3.25. The van der Waals surface area contributed by atoms with Crippen LogP contribution in [0.4, 0.5) is 15.5 Å². The van der Waals surface area contributed by atoms with E-state index in [1.54, 1.807) is 0 Å². The van der Waals surface area contributed by atoms with Gasteiger partial charge in [-0.2, -0.15) is 0 Å². The van der Waals surface area contributed by atoms with E-state index in [2.05, 4.69) is 10.0 Å². The lowest BCUT2D eigenvalue weighted by Gasteiger charge is -2.25. The molecule has 3 amide bonds. The number of carbonyl (C=O) groups excluding carboxylic acids is 3. The van der Waals surface area contributed by atoms with Gasteiger partial charge in [-0.1, -0.05) is 6.07 Å². The van der Waals surface area contributed by atoms with Gasteiger partial charge in [0.05, 0.1) is 31.2 Å². The van der Waals surface area contributed by atoms with Crippen LogP contribution in [0, 0.1) is 0 Å². The van der Waals surface area contributed by atoms with E-state index in [1.807, 2.05) is 0 Å². The third-order valence-electron chi connectivity index (χ3n) is 5.71. The van der Waals surface area contributed by atoms with E-state index in [1.165, 1.54) is 67.7 Å². The van der Waals surface area contributed by atoms with Gasteiger partial charge in [0.25, 0.3) is 21.8 Å². The molecule has 0 bridgehead atoms. The zero-order valence-electron chi connectivity index (χ0n) is 19.9. The normalized spacial score (nSPS) is 12.9. The molecule has 1 aromatic heterocycles. The van der Waals surface area contributed by atoms with Crippen LogP contribution in [0.15, 0.2) is 53.4 Å². The fraction of sp³-hybridized carbons (Fsp3) is 0.208. The Morgan fingerprint density at radius 3 is 2.46 bits per heavy atom. The minimum absolute atomic E-state index is 0.0272. The number of benzene rings is 2. The van der Waals surface area contributed by atoms with Crippen molar-refractivity contribution in [2.45, 2.75) is 17.9 Å². The lowest BCUT2D eigenvalue weighted by atomic mass is 10.0. The highest BCUT2D eigenvalue weighted by Gasteiger charge is 2.30. The first-order chi connectivity index (χ1) is 17.6. The van der Waals surface area contributed by atoms with Crippen molar-refractivity contribution in [2.75, 3.05) is 30.8 Å². The number of sulfonamides is 1. The van der Waals surface area contributed by atoms with Crippen LogP contribution >= 0.6 is 11.3 Å². The van der Waals surface area contributed by atoms with Crippen molar-refractivity contribution >= 4 is 50.0 Å². The maximum atomic E-state index is 13.0. The lowest BCUT2D eigenvalue weighted by molar-refractivity contribution is 0.0999. The van der Waals surface area contributed by atoms with Gasteiger partial charge in [-0.3, -0.25) is 14.3 Å². The molecule has 1 aliphatic rings. The lowest BCUT2D eigenvalue weighted by Crippen LogP contribution is -2.35. The van der Waals surface area contributed by atoms with Crippen molar-refractivity contribution in [3.63, 3.8) is 0 Å². The average molecular weight is 545 g/mol. The molecule has 0 aliphatic carbocycles.